The van der Waals surface area contributed by atoms with Crippen LogP contribution in [0.3, 0.4) is 0 Å². The number of nitro benzene ring substituents is 1. The van der Waals surface area contributed by atoms with E-state index in [0.29, 0.717) is 58.6 Å². The quantitative estimate of drug-likeness (QED) is 0.150. The SMILES string of the molecule is CCCN1C2=C(C(=O)CC(C)(C)C2)C(c2cc(I)c(Oc3ccc(C(F)(F)F)cc3[N+](=O)[O-])c(OCC)c2)C2=C1CC(C)(C)CC2=O. The minimum absolute atomic E-state index is 0.0137. The third-order valence-corrected chi connectivity index (χ3v) is 9.63. The van der Waals surface area contributed by atoms with E-state index in [1.165, 1.54) is 0 Å². The highest BCUT2D eigenvalue weighted by molar-refractivity contribution is 14.1. The second-order valence-corrected chi connectivity index (χ2v) is 15.2. The number of carbonyl (C=O) groups is 2. The van der Waals surface area contributed by atoms with Crippen molar-refractivity contribution in [1.82, 2.24) is 4.90 Å². The maximum atomic E-state index is 14.1. The van der Waals surface area contributed by atoms with E-state index in [0.717, 1.165) is 29.9 Å². The fourth-order valence-corrected chi connectivity index (χ4v) is 7.76. The van der Waals surface area contributed by atoms with E-state index < -0.39 is 28.3 Å². The lowest BCUT2D eigenvalue weighted by Crippen LogP contribution is -2.44. The molecule has 47 heavy (non-hydrogen) atoms. The Balaban J connectivity index is 1.70. The van der Waals surface area contributed by atoms with Gasteiger partial charge in [0.15, 0.2) is 23.1 Å². The van der Waals surface area contributed by atoms with Gasteiger partial charge in [0.05, 0.1) is 20.7 Å². The van der Waals surface area contributed by atoms with Gasteiger partial charge < -0.3 is 14.4 Å². The second kappa shape index (κ2) is 12.6. The van der Waals surface area contributed by atoms with Crippen LogP contribution in [-0.2, 0) is 15.8 Å². The first-order chi connectivity index (χ1) is 21.9. The molecule has 12 heteroatoms. The van der Waals surface area contributed by atoms with Crippen molar-refractivity contribution < 1.29 is 37.2 Å². The van der Waals surface area contributed by atoms with Gasteiger partial charge in [0, 0.05) is 53.9 Å². The lowest BCUT2D eigenvalue weighted by Gasteiger charge is -2.49. The Kier molecular flexibility index (Phi) is 9.32. The molecule has 0 amide bonds. The molecule has 0 fully saturated rings. The summed E-state index contributed by atoms with van der Waals surface area (Å²) in [6.45, 7) is 13.0. The third kappa shape index (κ3) is 6.80. The van der Waals surface area contributed by atoms with Gasteiger partial charge in [0.2, 0.25) is 5.75 Å². The van der Waals surface area contributed by atoms with E-state index in [2.05, 4.69) is 39.5 Å². The third-order valence-electron chi connectivity index (χ3n) is 8.83. The van der Waals surface area contributed by atoms with Gasteiger partial charge in [-0.2, -0.15) is 13.2 Å². The summed E-state index contributed by atoms with van der Waals surface area (Å²) in [5, 5.41) is 11.8. The van der Waals surface area contributed by atoms with Gasteiger partial charge in [-0.05, 0) is 89.4 Å². The van der Waals surface area contributed by atoms with Crippen LogP contribution in [0.15, 0.2) is 52.9 Å². The molecule has 2 aliphatic carbocycles. The van der Waals surface area contributed by atoms with Crippen LogP contribution in [0, 0.1) is 24.5 Å². The Bertz CT molecular complexity index is 1670. The Hall–Kier alpha value is -3.42. The van der Waals surface area contributed by atoms with Gasteiger partial charge in [0.1, 0.15) is 0 Å². The minimum Gasteiger partial charge on any atom is -0.490 e. The Morgan fingerprint density at radius 2 is 1.51 bits per heavy atom. The van der Waals surface area contributed by atoms with Gasteiger partial charge in [-0.25, -0.2) is 0 Å². The fraction of sp³-hybridized carbons (Fsp3) is 0.486. The number of halogens is 4. The lowest BCUT2D eigenvalue weighted by molar-refractivity contribution is -0.385. The number of nitrogens with zero attached hydrogens (tertiary/aromatic N) is 2. The molecule has 0 saturated carbocycles. The predicted octanol–water partition coefficient (Wildman–Crippen LogP) is 9.50. The maximum absolute atomic E-state index is 14.1. The average Bonchev–Trinajstić information content (AvgIpc) is 2.93. The molecule has 0 N–H and O–H groups in total. The molecule has 0 aromatic heterocycles. The van der Waals surface area contributed by atoms with E-state index >= 15 is 0 Å². The standard InChI is InChI=1S/C35H38F3IN2O6/c1-7-11-40-23-15-33(3,4)17-25(42)30(23)29(31-24(40)16-34(5,6)18-26(31)43)19-12-21(39)32(28(13-19)46-8-2)47-27-10-9-20(35(36,37)38)14-22(27)41(44)45/h9-10,12-14,29H,7-8,11,15-18H2,1-6H3. The average molecular weight is 767 g/mol. The van der Waals surface area contributed by atoms with E-state index in [9.17, 15) is 32.9 Å². The Morgan fingerprint density at radius 3 is 2.00 bits per heavy atom. The monoisotopic (exact) mass is 766 g/mol. The van der Waals surface area contributed by atoms with Crippen LogP contribution in [0.5, 0.6) is 17.2 Å². The number of ether oxygens (including phenoxy) is 2. The summed E-state index contributed by atoms with van der Waals surface area (Å²) in [7, 11) is 0. The van der Waals surface area contributed by atoms with Crippen molar-refractivity contribution in [3.05, 3.63) is 77.7 Å². The van der Waals surface area contributed by atoms with Crippen LogP contribution >= 0.6 is 22.6 Å². The Morgan fingerprint density at radius 1 is 0.936 bits per heavy atom. The molecular weight excluding hydrogens is 728 g/mol. The summed E-state index contributed by atoms with van der Waals surface area (Å²) < 4.78 is 52.4. The normalized spacial score (nSPS) is 19.5. The maximum Gasteiger partial charge on any atom is 0.416 e. The molecule has 1 aliphatic heterocycles. The minimum atomic E-state index is -4.78. The lowest BCUT2D eigenvalue weighted by atomic mass is 9.63. The van der Waals surface area contributed by atoms with Gasteiger partial charge >= 0.3 is 11.9 Å². The first kappa shape index (κ1) is 34.9. The highest BCUT2D eigenvalue weighted by Gasteiger charge is 2.49. The van der Waals surface area contributed by atoms with Gasteiger partial charge in [-0.1, -0.05) is 34.6 Å². The number of nitro groups is 1. The van der Waals surface area contributed by atoms with Crippen molar-refractivity contribution in [3.8, 4) is 17.2 Å². The van der Waals surface area contributed by atoms with E-state index in [-0.39, 0.29) is 46.3 Å². The van der Waals surface area contributed by atoms with Crippen molar-refractivity contribution in [2.75, 3.05) is 13.2 Å². The summed E-state index contributed by atoms with van der Waals surface area (Å²) in [5.41, 5.74) is 1.19. The molecule has 8 nitrogen and oxygen atoms in total. The number of rotatable bonds is 8. The van der Waals surface area contributed by atoms with Crippen LogP contribution in [0.4, 0.5) is 18.9 Å². The summed E-state index contributed by atoms with van der Waals surface area (Å²) in [6, 6.07) is 5.54. The van der Waals surface area contributed by atoms with Gasteiger partial charge in [0.25, 0.3) is 0 Å². The largest absolute Gasteiger partial charge is 0.490 e. The van der Waals surface area contributed by atoms with E-state index in [1.807, 2.05) is 22.6 Å². The number of benzene rings is 2. The topological polar surface area (TPSA) is 99.0 Å². The zero-order valence-electron chi connectivity index (χ0n) is 27.3. The summed E-state index contributed by atoms with van der Waals surface area (Å²) >= 11 is 1.99. The summed E-state index contributed by atoms with van der Waals surface area (Å²) in [4.78, 5) is 41.2. The molecule has 252 valence electrons. The van der Waals surface area contributed by atoms with Crippen LogP contribution in [0.1, 0.15) is 90.7 Å². The number of allylic oxidation sites excluding steroid dienone is 4. The highest BCUT2D eigenvalue weighted by Crippen LogP contribution is 2.55. The van der Waals surface area contributed by atoms with Crippen LogP contribution in [-0.4, -0.2) is 34.5 Å². The molecule has 2 aromatic carbocycles. The Labute approximate surface area is 285 Å². The molecule has 1 heterocycles. The van der Waals surface area contributed by atoms with Crippen molar-refractivity contribution >= 4 is 39.8 Å². The molecule has 3 aliphatic rings. The number of carbonyl (C=O) groups excluding carboxylic acids is 2. The van der Waals surface area contributed by atoms with E-state index in [1.54, 1.807) is 19.1 Å². The first-order valence-electron chi connectivity index (χ1n) is 15.7. The number of alkyl halides is 3. The number of hydrogen-bond donors (Lipinski definition) is 0. The van der Waals surface area contributed by atoms with Gasteiger partial charge in [-0.3, -0.25) is 19.7 Å². The first-order valence-corrected chi connectivity index (χ1v) is 16.7. The van der Waals surface area contributed by atoms with Crippen molar-refractivity contribution in [1.29, 1.82) is 0 Å². The number of Topliss-reactive ketones (excluding diaryl/α,β-unsaturated/α-hetero) is 2. The molecule has 0 bridgehead atoms. The fourth-order valence-electron chi connectivity index (χ4n) is 7.02. The van der Waals surface area contributed by atoms with Crippen molar-refractivity contribution in [2.24, 2.45) is 10.8 Å². The van der Waals surface area contributed by atoms with Crippen molar-refractivity contribution in [2.45, 2.75) is 85.7 Å². The van der Waals surface area contributed by atoms with Gasteiger partial charge in [-0.15, -0.1) is 0 Å². The molecule has 0 spiro atoms. The predicted molar refractivity (Wildman–Crippen MR) is 178 cm³/mol. The molecule has 2 aromatic rings. The van der Waals surface area contributed by atoms with Crippen LogP contribution in [0.2, 0.25) is 0 Å². The summed E-state index contributed by atoms with van der Waals surface area (Å²) in [6.07, 6.45) is -1.94. The molecule has 0 atom stereocenters. The van der Waals surface area contributed by atoms with Crippen LogP contribution < -0.4 is 9.47 Å². The number of ketones is 2. The smallest absolute Gasteiger partial charge is 0.416 e. The zero-order chi connectivity index (χ0) is 34.6. The zero-order valence-corrected chi connectivity index (χ0v) is 29.4. The molecule has 0 unspecified atom stereocenters. The molecule has 5 rings (SSSR count). The molecular formula is C35H38F3IN2O6. The van der Waals surface area contributed by atoms with Crippen molar-refractivity contribution in [3.63, 3.8) is 0 Å². The summed E-state index contributed by atoms with van der Waals surface area (Å²) in [5.74, 6) is -0.788. The van der Waals surface area contributed by atoms with E-state index in [4.69, 9.17) is 9.47 Å². The molecule has 0 saturated heterocycles. The highest BCUT2D eigenvalue weighted by atomic mass is 127. The number of hydrogen-bond acceptors (Lipinski definition) is 7. The molecule has 0 radical (unpaired) electrons. The second-order valence-electron chi connectivity index (χ2n) is 14.0. The van der Waals surface area contributed by atoms with Crippen LogP contribution in [0.25, 0.3) is 0 Å².